The summed E-state index contributed by atoms with van der Waals surface area (Å²) in [6.07, 6.45) is -11.2. The number of alkyl halides is 7. The Balaban J connectivity index is 5.68. The van der Waals surface area contributed by atoms with E-state index >= 15 is 0 Å². The number of halogens is 7. The Morgan fingerprint density at radius 2 is 1.25 bits per heavy atom. The molecule has 0 aromatic rings. The topological polar surface area (TPSA) is 26.3 Å². The Hall–Kier alpha value is -1.28. The van der Waals surface area contributed by atoms with Crippen molar-refractivity contribution in [3.8, 4) is 0 Å². The van der Waals surface area contributed by atoms with Crippen LogP contribution >= 0.6 is 0 Å². The highest BCUT2D eigenvalue weighted by Crippen LogP contribution is 2.47. The maximum Gasteiger partial charge on any atom is 0.435 e. The molecule has 0 aliphatic carbocycles. The molecule has 0 saturated carbocycles. The second kappa shape index (κ2) is 6.55. The lowest BCUT2D eigenvalue weighted by Crippen LogP contribution is -2.57. The Morgan fingerprint density at radius 3 is 1.50 bits per heavy atom. The van der Waals surface area contributed by atoms with Gasteiger partial charge in [0.15, 0.2) is 0 Å². The first-order chi connectivity index (χ1) is 10.3. The predicted octanol–water partition coefficient (Wildman–Crippen LogP) is 5.38. The number of hydrogen-bond acceptors (Lipinski definition) is 2. The molecule has 0 bridgehead atoms. The minimum Gasteiger partial charge on any atom is -0.461 e. The van der Waals surface area contributed by atoms with Crippen LogP contribution in [0.25, 0.3) is 0 Å². The van der Waals surface area contributed by atoms with Crippen LogP contribution in [0, 0.1) is 10.8 Å². The lowest BCUT2D eigenvalue weighted by Gasteiger charge is -2.38. The molecule has 9 heteroatoms. The number of allylic oxidation sites excluding steroid dienone is 1. The molecule has 142 valence electrons. The second-order valence-corrected chi connectivity index (χ2v) is 7.05. The normalized spacial score (nSPS) is 16.4. The average Bonchev–Trinajstić information content (AvgIpc) is 2.29. The molecule has 0 fully saturated rings. The third kappa shape index (κ3) is 4.42. The molecule has 0 radical (unpaired) electrons. The van der Waals surface area contributed by atoms with Crippen LogP contribution in [-0.4, -0.2) is 30.6 Å². The maximum absolute atomic E-state index is 13.6. The van der Waals surface area contributed by atoms with Crippen molar-refractivity contribution in [2.45, 2.75) is 59.6 Å². The molecule has 0 aliphatic rings. The molecule has 0 aliphatic heterocycles. The van der Waals surface area contributed by atoms with Crippen molar-refractivity contribution in [3.05, 3.63) is 11.6 Å². The van der Waals surface area contributed by atoms with Gasteiger partial charge in [0.2, 0.25) is 0 Å². The van der Waals surface area contributed by atoms with Crippen molar-refractivity contribution in [1.82, 2.24) is 0 Å². The minimum absolute atomic E-state index is 0.600. The fourth-order valence-corrected chi connectivity index (χ4v) is 1.80. The van der Waals surface area contributed by atoms with Gasteiger partial charge in [0.25, 0.3) is 0 Å². The van der Waals surface area contributed by atoms with Gasteiger partial charge in [-0.25, -0.2) is 4.39 Å². The van der Waals surface area contributed by atoms with Gasteiger partial charge in [-0.1, -0.05) is 32.4 Å². The Bertz CT molecular complexity index is 479. The van der Waals surface area contributed by atoms with Crippen LogP contribution in [0.5, 0.6) is 0 Å². The molecule has 1 atom stereocenters. The van der Waals surface area contributed by atoms with Crippen LogP contribution in [0.15, 0.2) is 11.6 Å². The van der Waals surface area contributed by atoms with E-state index in [1.165, 1.54) is 13.0 Å². The highest BCUT2D eigenvalue weighted by molar-refractivity contribution is 5.80. The Kier molecular flexibility index (Phi) is 6.20. The molecule has 0 spiro atoms. The number of carbonyl (C=O) groups excluding carboxylic acids is 1. The van der Waals surface area contributed by atoms with E-state index in [4.69, 9.17) is 0 Å². The van der Waals surface area contributed by atoms with E-state index in [0.29, 0.717) is 5.57 Å². The van der Waals surface area contributed by atoms with Gasteiger partial charge < -0.3 is 4.74 Å². The highest BCUT2D eigenvalue weighted by Gasteiger charge is 2.73. The lowest BCUT2D eigenvalue weighted by atomic mass is 9.67. The minimum atomic E-state index is -6.26. The van der Waals surface area contributed by atoms with Crippen LogP contribution in [0.1, 0.15) is 41.5 Å². The lowest BCUT2D eigenvalue weighted by molar-refractivity contribution is -0.349. The number of hydrogen-bond donors (Lipinski definition) is 0. The highest BCUT2D eigenvalue weighted by atomic mass is 19.4. The van der Waals surface area contributed by atoms with Crippen molar-refractivity contribution < 1.29 is 40.3 Å². The van der Waals surface area contributed by atoms with Crippen LogP contribution in [0.2, 0.25) is 0 Å². The molecule has 0 aromatic carbocycles. The molecule has 1 unspecified atom stereocenters. The first kappa shape index (κ1) is 22.7. The van der Waals surface area contributed by atoms with Crippen LogP contribution < -0.4 is 0 Å². The largest absolute Gasteiger partial charge is 0.461 e. The molecule has 0 saturated heterocycles. The molecule has 2 nitrogen and oxygen atoms in total. The standard InChI is InChI=1S/C15H21F7O2/c1-9(2)7-12(6,11(3,4)5)10(23)24-8-13(16,14(17,18)19)15(20,21)22/h7H,8H2,1-6H3. The molecule has 0 aromatic heterocycles. The van der Waals surface area contributed by atoms with Crippen molar-refractivity contribution in [1.29, 1.82) is 0 Å². The predicted molar refractivity (Wildman–Crippen MR) is 73.9 cm³/mol. The molecule has 0 amide bonds. The third-order valence-electron chi connectivity index (χ3n) is 3.86. The van der Waals surface area contributed by atoms with Gasteiger partial charge in [-0.15, -0.1) is 0 Å². The van der Waals surface area contributed by atoms with E-state index in [0.717, 1.165) is 0 Å². The number of esters is 1. The van der Waals surface area contributed by atoms with Gasteiger partial charge in [-0.2, -0.15) is 26.3 Å². The summed E-state index contributed by atoms with van der Waals surface area (Å²) in [6, 6.07) is 0. The Morgan fingerprint density at radius 1 is 0.875 bits per heavy atom. The smallest absolute Gasteiger partial charge is 0.435 e. The van der Waals surface area contributed by atoms with E-state index in [9.17, 15) is 35.5 Å². The summed E-state index contributed by atoms with van der Waals surface area (Å²) < 4.78 is 92.7. The van der Waals surface area contributed by atoms with Crippen LogP contribution in [0.3, 0.4) is 0 Å². The number of ether oxygens (including phenoxy) is 1. The van der Waals surface area contributed by atoms with Crippen molar-refractivity contribution >= 4 is 5.97 Å². The Labute approximate surface area is 136 Å². The van der Waals surface area contributed by atoms with E-state index in [2.05, 4.69) is 4.74 Å². The summed E-state index contributed by atoms with van der Waals surface area (Å²) in [5, 5.41) is 0. The van der Waals surface area contributed by atoms with Crippen LogP contribution in [0.4, 0.5) is 30.7 Å². The van der Waals surface area contributed by atoms with Gasteiger partial charge in [0.1, 0.15) is 6.61 Å². The van der Waals surface area contributed by atoms with E-state index in [1.54, 1.807) is 34.6 Å². The molecular formula is C15H21F7O2. The third-order valence-corrected chi connectivity index (χ3v) is 3.86. The van der Waals surface area contributed by atoms with Crippen molar-refractivity contribution in [2.75, 3.05) is 6.61 Å². The summed E-state index contributed by atoms with van der Waals surface area (Å²) in [5.74, 6) is -1.37. The van der Waals surface area contributed by atoms with Crippen molar-refractivity contribution in [3.63, 3.8) is 0 Å². The molecule has 0 rings (SSSR count). The SMILES string of the molecule is CC(C)=CC(C)(C(=O)OCC(F)(C(F)(F)F)C(F)(F)F)C(C)(C)C. The average molecular weight is 366 g/mol. The van der Waals surface area contributed by atoms with Crippen molar-refractivity contribution in [2.24, 2.45) is 10.8 Å². The summed E-state index contributed by atoms with van der Waals surface area (Å²) in [5.41, 5.74) is -7.46. The fourth-order valence-electron chi connectivity index (χ4n) is 1.80. The molecule has 24 heavy (non-hydrogen) atoms. The maximum atomic E-state index is 13.6. The molecule has 0 heterocycles. The van der Waals surface area contributed by atoms with Gasteiger partial charge in [-0.3, -0.25) is 4.79 Å². The van der Waals surface area contributed by atoms with Gasteiger partial charge in [-0.05, 0) is 26.2 Å². The molecule has 0 N–H and O–H groups in total. The zero-order valence-corrected chi connectivity index (χ0v) is 14.2. The van der Waals surface area contributed by atoms with Gasteiger partial charge in [0, 0.05) is 0 Å². The van der Waals surface area contributed by atoms with Crippen LogP contribution in [-0.2, 0) is 9.53 Å². The monoisotopic (exact) mass is 366 g/mol. The second-order valence-electron chi connectivity index (χ2n) is 7.05. The summed E-state index contributed by atoms with van der Waals surface area (Å²) in [7, 11) is 0. The summed E-state index contributed by atoms with van der Waals surface area (Å²) in [4.78, 5) is 12.2. The number of rotatable bonds is 4. The van der Waals surface area contributed by atoms with Gasteiger partial charge in [0.05, 0.1) is 5.41 Å². The first-order valence-corrected chi connectivity index (χ1v) is 6.95. The number of carbonyl (C=O) groups is 1. The first-order valence-electron chi connectivity index (χ1n) is 6.95. The van der Waals surface area contributed by atoms with E-state index < -0.39 is 41.4 Å². The zero-order chi connectivity index (χ0) is 19.8. The van der Waals surface area contributed by atoms with Gasteiger partial charge >= 0.3 is 24.0 Å². The molecular weight excluding hydrogens is 345 g/mol. The van der Waals surface area contributed by atoms with E-state index in [1.807, 2.05) is 0 Å². The summed E-state index contributed by atoms with van der Waals surface area (Å²) in [6.45, 7) is 6.70. The fraction of sp³-hybridized carbons (Fsp3) is 0.800. The quantitative estimate of drug-likeness (QED) is 0.379. The zero-order valence-electron chi connectivity index (χ0n) is 14.2. The summed E-state index contributed by atoms with van der Waals surface area (Å²) >= 11 is 0. The van der Waals surface area contributed by atoms with E-state index in [-0.39, 0.29) is 0 Å².